The maximum absolute atomic E-state index is 12.4. The van der Waals surface area contributed by atoms with Crippen molar-refractivity contribution in [2.24, 2.45) is 0 Å². The van der Waals surface area contributed by atoms with Crippen LogP contribution in [0.1, 0.15) is 31.4 Å². The summed E-state index contributed by atoms with van der Waals surface area (Å²) in [7, 11) is 0. The molecule has 2 aromatic rings. The first-order valence-electron chi connectivity index (χ1n) is 8.66. The van der Waals surface area contributed by atoms with Gasteiger partial charge in [0.2, 0.25) is 5.91 Å². The number of carbonyl (C=O) groups excluding carboxylic acids is 1. The molecule has 0 aliphatic rings. The van der Waals surface area contributed by atoms with Crippen molar-refractivity contribution >= 4 is 23.0 Å². The summed E-state index contributed by atoms with van der Waals surface area (Å²) in [5.74, 6) is -0.161. The third kappa shape index (κ3) is 5.05. The van der Waals surface area contributed by atoms with E-state index >= 15 is 0 Å². The number of benzene rings is 2. The van der Waals surface area contributed by atoms with Crippen LogP contribution in [0.3, 0.4) is 0 Å². The number of nitrogens with one attached hydrogen (secondary N) is 1. The molecule has 26 heavy (non-hydrogen) atoms. The lowest BCUT2D eigenvalue weighted by atomic mass is 10.1. The minimum absolute atomic E-state index is 0.0330. The van der Waals surface area contributed by atoms with E-state index in [1.807, 2.05) is 13.8 Å². The van der Waals surface area contributed by atoms with Gasteiger partial charge in [-0.2, -0.15) is 0 Å². The van der Waals surface area contributed by atoms with Crippen molar-refractivity contribution in [3.05, 3.63) is 63.7 Å². The van der Waals surface area contributed by atoms with Crippen molar-refractivity contribution in [3.8, 4) is 0 Å². The van der Waals surface area contributed by atoms with Gasteiger partial charge in [-0.05, 0) is 45.4 Å². The molecule has 0 aliphatic carbocycles. The molecule has 2 aromatic carbocycles. The molecule has 0 radical (unpaired) electrons. The molecule has 0 fully saturated rings. The Morgan fingerprint density at radius 1 is 1.15 bits per heavy atom. The second kappa shape index (κ2) is 8.47. The highest BCUT2D eigenvalue weighted by atomic mass is 16.6. The molecule has 1 amide bonds. The molecule has 0 atom stereocenters. The van der Waals surface area contributed by atoms with Gasteiger partial charge in [0.25, 0.3) is 5.69 Å². The zero-order valence-electron chi connectivity index (χ0n) is 15.7. The maximum atomic E-state index is 12.4. The first-order chi connectivity index (χ1) is 12.3. The van der Waals surface area contributed by atoms with Crippen LogP contribution in [0, 0.1) is 24.0 Å². The second-order valence-corrected chi connectivity index (χ2v) is 6.68. The van der Waals surface area contributed by atoms with Crippen molar-refractivity contribution in [1.82, 2.24) is 0 Å². The molecule has 2 rings (SSSR count). The molecular weight excluding hydrogens is 330 g/mol. The van der Waals surface area contributed by atoms with Crippen LogP contribution in [0.2, 0.25) is 0 Å². The normalized spacial score (nSPS) is 10.7. The molecule has 0 saturated carbocycles. The Hall–Kier alpha value is -2.89. The fourth-order valence-corrected chi connectivity index (χ4v) is 2.71. The fourth-order valence-electron chi connectivity index (χ4n) is 2.71. The van der Waals surface area contributed by atoms with E-state index in [-0.39, 0.29) is 17.6 Å². The molecule has 0 aromatic heterocycles. The summed E-state index contributed by atoms with van der Waals surface area (Å²) in [6, 6.07) is 12.9. The summed E-state index contributed by atoms with van der Waals surface area (Å²) in [4.78, 5) is 25.0. The summed E-state index contributed by atoms with van der Waals surface area (Å²) >= 11 is 0. The van der Waals surface area contributed by atoms with E-state index in [9.17, 15) is 14.9 Å². The van der Waals surface area contributed by atoms with Crippen LogP contribution in [0.5, 0.6) is 0 Å². The number of amides is 1. The van der Waals surface area contributed by atoms with E-state index in [0.717, 1.165) is 11.3 Å². The Morgan fingerprint density at radius 2 is 1.81 bits per heavy atom. The second-order valence-electron chi connectivity index (χ2n) is 6.68. The maximum Gasteiger partial charge on any atom is 0.271 e. The number of nitro benzene ring substituents is 1. The molecule has 0 unspecified atom stereocenters. The van der Waals surface area contributed by atoms with Crippen molar-refractivity contribution in [2.45, 2.75) is 40.2 Å². The van der Waals surface area contributed by atoms with E-state index in [1.165, 1.54) is 17.7 Å². The van der Waals surface area contributed by atoms with Gasteiger partial charge in [0, 0.05) is 36.8 Å². The Morgan fingerprint density at radius 3 is 2.38 bits per heavy atom. The highest BCUT2D eigenvalue weighted by Gasteiger charge is 2.14. The van der Waals surface area contributed by atoms with Gasteiger partial charge in [0.05, 0.1) is 10.6 Å². The quantitative estimate of drug-likeness (QED) is 0.588. The van der Waals surface area contributed by atoms with Gasteiger partial charge < -0.3 is 10.2 Å². The number of nitrogens with zero attached hydrogens (tertiary/aromatic N) is 2. The van der Waals surface area contributed by atoms with Crippen molar-refractivity contribution < 1.29 is 9.72 Å². The Balaban J connectivity index is 2.04. The summed E-state index contributed by atoms with van der Waals surface area (Å²) < 4.78 is 0. The van der Waals surface area contributed by atoms with Crippen LogP contribution in [0.25, 0.3) is 0 Å². The third-order valence-electron chi connectivity index (χ3n) is 4.27. The summed E-state index contributed by atoms with van der Waals surface area (Å²) in [5, 5.41) is 13.7. The number of hydrogen-bond acceptors (Lipinski definition) is 4. The van der Waals surface area contributed by atoms with E-state index in [1.54, 1.807) is 6.07 Å². The molecule has 6 heteroatoms. The summed E-state index contributed by atoms with van der Waals surface area (Å²) in [5.41, 5.74) is 3.51. The van der Waals surface area contributed by atoms with Gasteiger partial charge in [-0.1, -0.05) is 23.8 Å². The highest BCUT2D eigenvalue weighted by Crippen LogP contribution is 2.22. The average molecular weight is 355 g/mol. The number of nitro groups is 1. The number of non-ortho nitro benzene ring substituents is 1. The molecule has 138 valence electrons. The van der Waals surface area contributed by atoms with Crippen molar-refractivity contribution in [2.75, 3.05) is 16.8 Å². The SMILES string of the molecule is Cc1ccc(N(CCC(=O)Nc2cc([N+](=O)[O-])ccc2C)C(C)C)cc1. The highest BCUT2D eigenvalue weighted by molar-refractivity contribution is 5.92. The van der Waals surface area contributed by atoms with E-state index < -0.39 is 4.92 Å². The van der Waals surface area contributed by atoms with Crippen LogP contribution in [0.15, 0.2) is 42.5 Å². The van der Waals surface area contributed by atoms with Crippen molar-refractivity contribution in [3.63, 3.8) is 0 Å². The minimum Gasteiger partial charge on any atom is -0.369 e. The van der Waals surface area contributed by atoms with Crippen LogP contribution in [-0.4, -0.2) is 23.4 Å². The third-order valence-corrected chi connectivity index (χ3v) is 4.27. The van der Waals surface area contributed by atoms with Crippen molar-refractivity contribution in [1.29, 1.82) is 0 Å². The summed E-state index contributed by atoms with van der Waals surface area (Å²) in [6.45, 7) is 8.59. The van der Waals surface area contributed by atoms with Crippen LogP contribution in [0.4, 0.5) is 17.1 Å². The lowest BCUT2D eigenvalue weighted by Gasteiger charge is -2.29. The van der Waals surface area contributed by atoms with E-state index in [2.05, 4.69) is 48.3 Å². The van der Waals surface area contributed by atoms with Gasteiger partial charge in [-0.25, -0.2) is 0 Å². The number of hydrogen-bond donors (Lipinski definition) is 1. The molecule has 0 spiro atoms. The van der Waals surface area contributed by atoms with Crippen LogP contribution < -0.4 is 10.2 Å². The molecular formula is C20H25N3O3. The minimum atomic E-state index is -0.465. The molecule has 0 heterocycles. The monoisotopic (exact) mass is 355 g/mol. The van der Waals surface area contributed by atoms with Gasteiger partial charge in [0.15, 0.2) is 0 Å². The predicted molar refractivity (Wildman–Crippen MR) is 105 cm³/mol. The van der Waals surface area contributed by atoms with Gasteiger partial charge in [-0.15, -0.1) is 0 Å². The zero-order valence-corrected chi connectivity index (χ0v) is 15.7. The first kappa shape index (κ1) is 19.4. The van der Waals surface area contributed by atoms with Gasteiger partial charge >= 0.3 is 0 Å². The predicted octanol–water partition coefficient (Wildman–Crippen LogP) is 4.46. The number of rotatable bonds is 7. The topological polar surface area (TPSA) is 75.5 Å². The number of anilines is 2. The lowest BCUT2D eigenvalue weighted by Crippen LogP contribution is -2.33. The largest absolute Gasteiger partial charge is 0.369 e. The molecule has 1 N–H and O–H groups in total. The number of carbonyl (C=O) groups is 1. The van der Waals surface area contributed by atoms with E-state index in [4.69, 9.17) is 0 Å². The number of aryl methyl sites for hydroxylation is 2. The average Bonchev–Trinajstić information content (AvgIpc) is 2.58. The fraction of sp³-hybridized carbons (Fsp3) is 0.350. The Bertz CT molecular complexity index is 785. The summed E-state index contributed by atoms with van der Waals surface area (Å²) in [6.07, 6.45) is 0.300. The lowest BCUT2D eigenvalue weighted by molar-refractivity contribution is -0.384. The van der Waals surface area contributed by atoms with Crippen LogP contribution in [-0.2, 0) is 4.79 Å². The first-order valence-corrected chi connectivity index (χ1v) is 8.66. The Labute approximate surface area is 154 Å². The van der Waals surface area contributed by atoms with Crippen LogP contribution >= 0.6 is 0 Å². The smallest absolute Gasteiger partial charge is 0.271 e. The van der Waals surface area contributed by atoms with Gasteiger partial charge in [0.1, 0.15) is 0 Å². The molecule has 0 aliphatic heterocycles. The zero-order chi connectivity index (χ0) is 19.3. The molecule has 0 bridgehead atoms. The Kier molecular flexibility index (Phi) is 6.33. The molecule has 6 nitrogen and oxygen atoms in total. The molecule has 0 saturated heterocycles. The van der Waals surface area contributed by atoms with Gasteiger partial charge in [-0.3, -0.25) is 14.9 Å². The standard InChI is InChI=1S/C20H25N3O3/c1-14(2)22(17-8-5-15(3)6-9-17)12-11-20(24)21-19-13-18(23(25)26)10-7-16(19)4/h5-10,13-14H,11-12H2,1-4H3,(H,21,24). The van der Waals surface area contributed by atoms with E-state index in [0.29, 0.717) is 18.7 Å².